The Hall–Kier alpha value is -2.12. The molecule has 1 aromatic rings. The number of nitrogens with one attached hydrogen (secondary N) is 2. The first-order valence-electron chi connectivity index (χ1n) is 10.1. The lowest BCUT2D eigenvalue weighted by molar-refractivity contribution is -0.130. The van der Waals surface area contributed by atoms with Gasteiger partial charge < -0.3 is 20.1 Å². The van der Waals surface area contributed by atoms with Gasteiger partial charge in [0, 0.05) is 58.5 Å². The molecule has 1 aromatic heterocycles. The molecule has 2 aliphatic rings. The molecule has 0 radical (unpaired) electrons. The molecule has 1 saturated heterocycles. The number of amides is 1. The molecule has 0 spiro atoms. The van der Waals surface area contributed by atoms with Gasteiger partial charge in [0.15, 0.2) is 5.96 Å². The van der Waals surface area contributed by atoms with Gasteiger partial charge in [0.25, 0.3) is 0 Å². The average molecular weight is 376 g/mol. The molecule has 3 heterocycles. The van der Waals surface area contributed by atoms with E-state index in [1.54, 1.807) is 6.92 Å². The summed E-state index contributed by atoms with van der Waals surface area (Å²) >= 11 is 0. The third-order valence-electron chi connectivity index (χ3n) is 5.67. The van der Waals surface area contributed by atoms with Crippen molar-refractivity contribution in [1.82, 2.24) is 30.3 Å². The van der Waals surface area contributed by atoms with E-state index in [9.17, 15) is 4.79 Å². The Morgan fingerprint density at radius 3 is 2.63 bits per heavy atom. The Balaban J connectivity index is 1.48. The van der Waals surface area contributed by atoms with E-state index in [0.29, 0.717) is 17.9 Å². The maximum absolute atomic E-state index is 11.4. The molecule has 1 unspecified atom stereocenters. The van der Waals surface area contributed by atoms with E-state index in [4.69, 9.17) is 0 Å². The molecular formula is C19H33N7O. The van der Waals surface area contributed by atoms with E-state index >= 15 is 0 Å². The van der Waals surface area contributed by atoms with Gasteiger partial charge in [-0.15, -0.1) is 10.2 Å². The van der Waals surface area contributed by atoms with Gasteiger partial charge in [0.2, 0.25) is 5.91 Å². The SMILES string of the molecule is CN=C(NCC1CCN(C(C)=O)CC1)NC1CCc2nnc(C(C)C)n2C1. The highest BCUT2D eigenvalue weighted by Gasteiger charge is 2.25. The van der Waals surface area contributed by atoms with Crippen LogP contribution in [0.2, 0.25) is 0 Å². The van der Waals surface area contributed by atoms with Crippen molar-refractivity contribution in [3.8, 4) is 0 Å². The molecule has 2 aliphatic heterocycles. The van der Waals surface area contributed by atoms with Crippen LogP contribution < -0.4 is 10.6 Å². The maximum atomic E-state index is 11.4. The third kappa shape index (κ3) is 4.78. The average Bonchev–Trinajstić information content (AvgIpc) is 3.09. The number of likely N-dealkylation sites (tertiary alicyclic amines) is 1. The van der Waals surface area contributed by atoms with Crippen molar-refractivity contribution >= 4 is 11.9 Å². The minimum Gasteiger partial charge on any atom is -0.356 e. The maximum Gasteiger partial charge on any atom is 0.219 e. The molecule has 2 N–H and O–H groups in total. The van der Waals surface area contributed by atoms with Gasteiger partial charge >= 0.3 is 0 Å². The molecule has 0 bridgehead atoms. The molecule has 0 aromatic carbocycles. The van der Waals surface area contributed by atoms with E-state index in [-0.39, 0.29) is 5.91 Å². The van der Waals surface area contributed by atoms with Crippen LogP contribution in [0.4, 0.5) is 0 Å². The van der Waals surface area contributed by atoms with Crippen LogP contribution in [-0.2, 0) is 17.8 Å². The minimum absolute atomic E-state index is 0.185. The number of aryl methyl sites for hydroxylation is 1. The van der Waals surface area contributed by atoms with Crippen molar-refractivity contribution in [2.45, 2.75) is 65.0 Å². The summed E-state index contributed by atoms with van der Waals surface area (Å²) in [7, 11) is 1.82. The Morgan fingerprint density at radius 2 is 2.00 bits per heavy atom. The quantitative estimate of drug-likeness (QED) is 0.609. The van der Waals surface area contributed by atoms with Crippen LogP contribution >= 0.6 is 0 Å². The highest BCUT2D eigenvalue weighted by atomic mass is 16.2. The predicted octanol–water partition coefficient (Wildman–Crippen LogP) is 1.14. The zero-order valence-electron chi connectivity index (χ0n) is 17.0. The highest BCUT2D eigenvalue weighted by Crippen LogP contribution is 2.20. The Bertz CT molecular complexity index is 674. The second kappa shape index (κ2) is 8.71. The lowest BCUT2D eigenvalue weighted by Gasteiger charge is -2.32. The fourth-order valence-electron chi connectivity index (χ4n) is 3.97. The van der Waals surface area contributed by atoms with Gasteiger partial charge in [-0.1, -0.05) is 13.8 Å². The number of fused-ring (bicyclic) bond motifs is 1. The second-order valence-electron chi connectivity index (χ2n) is 8.02. The number of piperidine rings is 1. The molecule has 1 atom stereocenters. The fraction of sp³-hybridized carbons (Fsp3) is 0.789. The summed E-state index contributed by atoms with van der Waals surface area (Å²) in [4.78, 5) is 17.8. The number of hydrogen-bond donors (Lipinski definition) is 2. The molecular weight excluding hydrogens is 342 g/mol. The number of nitrogens with zero attached hydrogens (tertiary/aromatic N) is 5. The summed E-state index contributed by atoms with van der Waals surface area (Å²) in [5, 5.41) is 15.7. The van der Waals surface area contributed by atoms with Gasteiger partial charge in [0.05, 0.1) is 0 Å². The lowest BCUT2D eigenvalue weighted by atomic mass is 9.97. The summed E-state index contributed by atoms with van der Waals surface area (Å²) in [5.74, 6) is 4.17. The summed E-state index contributed by atoms with van der Waals surface area (Å²) < 4.78 is 2.26. The van der Waals surface area contributed by atoms with Crippen molar-refractivity contribution in [3.05, 3.63) is 11.6 Å². The minimum atomic E-state index is 0.185. The summed E-state index contributed by atoms with van der Waals surface area (Å²) in [6.07, 6.45) is 4.08. The zero-order chi connectivity index (χ0) is 19.4. The first kappa shape index (κ1) is 19.6. The monoisotopic (exact) mass is 375 g/mol. The van der Waals surface area contributed by atoms with Crippen LogP contribution in [0, 0.1) is 5.92 Å². The summed E-state index contributed by atoms with van der Waals surface area (Å²) in [5.41, 5.74) is 0. The Labute approximate surface area is 161 Å². The van der Waals surface area contributed by atoms with E-state index in [1.165, 1.54) is 0 Å². The second-order valence-corrected chi connectivity index (χ2v) is 8.02. The molecule has 8 heteroatoms. The molecule has 1 amide bonds. The largest absolute Gasteiger partial charge is 0.356 e. The Morgan fingerprint density at radius 1 is 1.26 bits per heavy atom. The van der Waals surface area contributed by atoms with E-state index in [1.807, 2.05) is 11.9 Å². The number of aromatic nitrogens is 3. The molecule has 0 saturated carbocycles. The molecule has 0 aliphatic carbocycles. The number of carbonyl (C=O) groups is 1. The normalized spacial score (nSPS) is 21.3. The molecule has 1 fully saturated rings. The molecule has 3 rings (SSSR count). The summed E-state index contributed by atoms with van der Waals surface area (Å²) in [6.45, 7) is 9.48. The highest BCUT2D eigenvalue weighted by molar-refractivity contribution is 5.80. The first-order chi connectivity index (χ1) is 13.0. The van der Waals surface area contributed by atoms with Gasteiger partial charge in [0.1, 0.15) is 11.6 Å². The van der Waals surface area contributed by atoms with Crippen LogP contribution in [0.5, 0.6) is 0 Å². The molecule has 150 valence electrons. The van der Waals surface area contributed by atoms with Crippen LogP contribution in [-0.4, -0.2) is 64.3 Å². The van der Waals surface area contributed by atoms with Gasteiger partial charge in [-0.2, -0.15) is 0 Å². The predicted molar refractivity (Wildman–Crippen MR) is 106 cm³/mol. The number of rotatable bonds is 4. The zero-order valence-corrected chi connectivity index (χ0v) is 17.0. The lowest BCUT2D eigenvalue weighted by Crippen LogP contribution is -2.49. The van der Waals surface area contributed by atoms with Crippen molar-refractivity contribution < 1.29 is 4.79 Å². The van der Waals surface area contributed by atoms with Gasteiger partial charge in [-0.25, -0.2) is 0 Å². The fourth-order valence-corrected chi connectivity index (χ4v) is 3.97. The third-order valence-corrected chi connectivity index (χ3v) is 5.67. The van der Waals surface area contributed by atoms with Crippen molar-refractivity contribution in [2.24, 2.45) is 10.9 Å². The topological polar surface area (TPSA) is 87.4 Å². The van der Waals surface area contributed by atoms with Crippen LogP contribution in [0.25, 0.3) is 0 Å². The van der Waals surface area contributed by atoms with Crippen LogP contribution in [0.1, 0.15) is 57.6 Å². The number of aliphatic imine (C=N–C) groups is 1. The van der Waals surface area contributed by atoms with Crippen LogP contribution in [0.15, 0.2) is 4.99 Å². The number of guanidine groups is 1. The van der Waals surface area contributed by atoms with Crippen molar-refractivity contribution in [1.29, 1.82) is 0 Å². The smallest absolute Gasteiger partial charge is 0.219 e. The van der Waals surface area contributed by atoms with E-state index in [2.05, 4.69) is 44.2 Å². The molecule has 27 heavy (non-hydrogen) atoms. The standard InChI is InChI=1S/C19H33N7O/c1-13(2)18-24-23-17-6-5-16(12-26(17)18)22-19(20-4)21-11-15-7-9-25(10-8-15)14(3)27/h13,15-16H,5-12H2,1-4H3,(H2,20,21,22). The van der Waals surface area contributed by atoms with Gasteiger partial charge in [-0.05, 0) is 25.2 Å². The van der Waals surface area contributed by atoms with Gasteiger partial charge in [-0.3, -0.25) is 9.79 Å². The Kier molecular flexibility index (Phi) is 6.34. The first-order valence-corrected chi connectivity index (χ1v) is 10.1. The number of hydrogen-bond acceptors (Lipinski definition) is 4. The molecule has 8 nitrogen and oxygen atoms in total. The van der Waals surface area contributed by atoms with E-state index in [0.717, 1.165) is 69.5 Å². The van der Waals surface area contributed by atoms with Crippen molar-refractivity contribution in [3.63, 3.8) is 0 Å². The van der Waals surface area contributed by atoms with Crippen LogP contribution in [0.3, 0.4) is 0 Å². The number of carbonyl (C=O) groups excluding carboxylic acids is 1. The summed E-state index contributed by atoms with van der Waals surface area (Å²) in [6, 6.07) is 0.330. The van der Waals surface area contributed by atoms with E-state index < -0.39 is 0 Å². The van der Waals surface area contributed by atoms with Crippen molar-refractivity contribution in [2.75, 3.05) is 26.7 Å².